The fourth-order valence-electron chi connectivity index (χ4n) is 2.56. The highest BCUT2D eigenvalue weighted by molar-refractivity contribution is 5.56. The highest BCUT2D eigenvalue weighted by Crippen LogP contribution is 2.24. The van der Waals surface area contributed by atoms with Crippen molar-refractivity contribution < 1.29 is 4.74 Å². The highest BCUT2D eigenvalue weighted by Gasteiger charge is 2.04. The van der Waals surface area contributed by atoms with Crippen molar-refractivity contribution in [1.82, 2.24) is 9.97 Å². The van der Waals surface area contributed by atoms with Gasteiger partial charge in [-0.05, 0) is 55.7 Å². The molecule has 0 bridgehead atoms. The molecule has 3 rings (SSSR count). The van der Waals surface area contributed by atoms with Crippen LogP contribution in [0.5, 0.6) is 11.5 Å². The average molecular weight is 362 g/mol. The lowest BCUT2D eigenvalue weighted by Crippen LogP contribution is -2.08. The first-order valence-corrected chi connectivity index (χ1v) is 9.28. The molecule has 0 unspecified atom stereocenters. The van der Waals surface area contributed by atoms with E-state index in [9.17, 15) is 0 Å². The molecule has 0 aliphatic rings. The van der Waals surface area contributed by atoms with E-state index in [0.29, 0.717) is 11.9 Å². The smallest absolute Gasteiger partial charge is 0.229 e. The molecule has 0 saturated carbocycles. The summed E-state index contributed by atoms with van der Waals surface area (Å²) in [6.45, 7) is 7.30. The van der Waals surface area contributed by atoms with Crippen LogP contribution in [0.25, 0.3) is 0 Å². The maximum Gasteiger partial charge on any atom is 0.229 e. The Morgan fingerprint density at radius 2 is 1.63 bits per heavy atom. The molecule has 2 N–H and O–H groups in total. The zero-order valence-corrected chi connectivity index (χ0v) is 16.1. The molecular formula is C22H26N4O. The van der Waals surface area contributed by atoms with Crippen LogP contribution in [0.4, 0.5) is 17.5 Å². The topological polar surface area (TPSA) is 59.1 Å². The summed E-state index contributed by atoms with van der Waals surface area (Å²) in [6, 6.07) is 19.4. The summed E-state index contributed by atoms with van der Waals surface area (Å²) in [7, 11) is 0. The number of hydrogen-bond acceptors (Lipinski definition) is 5. The standard InChI is InChI=1S/C22H26N4O/c1-16(2)13-14-23-21-15-17(3)24-22(26-21)25-18-9-11-20(12-10-18)27-19-7-5-4-6-8-19/h4-12,15-16H,13-14H2,1-3H3,(H2,23,24,25,26). The van der Waals surface area contributed by atoms with Crippen LogP contribution < -0.4 is 15.4 Å². The Bertz CT molecular complexity index is 848. The normalized spacial score (nSPS) is 10.7. The maximum absolute atomic E-state index is 5.82. The number of nitrogens with zero attached hydrogens (tertiary/aromatic N) is 2. The van der Waals surface area contributed by atoms with Gasteiger partial charge in [0.15, 0.2) is 0 Å². The maximum atomic E-state index is 5.82. The first kappa shape index (κ1) is 18.7. The number of hydrogen-bond donors (Lipinski definition) is 2. The summed E-state index contributed by atoms with van der Waals surface area (Å²) >= 11 is 0. The molecule has 1 aromatic heterocycles. The second-order valence-corrected chi connectivity index (χ2v) is 6.89. The monoisotopic (exact) mass is 362 g/mol. The number of ether oxygens (including phenoxy) is 1. The van der Waals surface area contributed by atoms with E-state index in [2.05, 4.69) is 34.4 Å². The van der Waals surface area contributed by atoms with Crippen molar-refractivity contribution in [3.05, 3.63) is 66.4 Å². The molecule has 0 saturated heterocycles. The van der Waals surface area contributed by atoms with Crippen LogP contribution in [0.1, 0.15) is 26.0 Å². The number of benzene rings is 2. The Labute approximate surface area is 160 Å². The molecule has 0 atom stereocenters. The molecule has 27 heavy (non-hydrogen) atoms. The SMILES string of the molecule is Cc1cc(NCCC(C)C)nc(Nc2ccc(Oc3ccccc3)cc2)n1. The molecule has 0 aliphatic carbocycles. The molecule has 0 spiro atoms. The van der Waals surface area contributed by atoms with Crippen molar-refractivity contribution in [2.75, 3.05) is 17.2 Å². The second-order valence-electron chi connectivity index (χ2n) is 6.89. The second kappa shape index (κ2) is 9.03. The summed E-state index contributed by atoms with van der Waals surface area (Å²) in [5.74, 6) is 3.69. The Morgan fingerprint density at radius 3 is 2.33 bits per heavy atom. The molecule has 3 aromatic rings. The van der Waals surface area contributed by atoms with Crippen LogP contribution in [-0.2, 0) is 0 Å². The third-order valence-corrected chi connectivity index (χ3v) is 3.97. The van der Waals surface area contributed by atoms with Crippen molar-refractivity contribution in [2.45, 2.75) is 27.2 Å². The first-order valence-electron chi connectivity index (χ1n) is 9.28. The van der Waals surface area contributed by atoms with Crippen molar-refractivity contribution in [3.63, 3.8) is 0 Å². The number of rotatable bonds is 8. The van der Waals surface area contributed by atoms with E-state index in [4.69, 9.17) is 4.74 Å². The third kappa shape index (κ3) is 5.99. The van der Waals surface area contributed by atoms with E-state index in [-0.39, 0.29) is 0 Å². The van der Waals surface area contributed by atoms with Gasteiger partial charge in [-0.1, -0.05) is 32.0 Å². The highest BCUT2D eigenvalue weighted by atomic mass is 16.5. The molecule has 0 amide bonds. The van der Waals surface area contributed by atoms with E-state index in [1.54, 1.807) is 0 Å². The lowest BCUT2D eigenvalue weighted by Gasteiger charge is -2.11. The minimum Gasteiger partial charge on any atom is -0.457 e. The van der Waals surface area contributed by atoms with Crippen molar-refractivity contribution in [1.29, 1.82) is 0 Å². The summed E-state index contributed by atoms with van der Waals surface area (Å²) < 4.78 is 5.82. The van der Waals surface area contributed by atoms with E-state index < -0.39 is 0 Å². The predicted octanol–water partition coefficient (Wildman–Crippen LogP) is 5.78. The summed E-state index contributed by atoms with van der Waals surface area (Å²) in [5.41, 5.74) is 1.83. The Morgan fingerprint density at radius 1 is 0.926 bits per heavy atom. The molecule has 5 nitrogen and oxygen atoms in total. The fourth-order valence-corrected chi connectivity index (χ4v) is 2.56. The zero-order valence-electron chi connectivity index (χ0n) is 16.1. The van der Waals surface area contributed by atoms with Gasteiger partial charge >= 0.3 is 0 Å². The lowest BCUT2D eigenvalue weighted by atomic mass is 10.1. The number of nitrogens with one attached hydrogen (secondary N) is 2. The summed E-state index contributed by atoms with van der Waals surface area (Å²) in [6.07, 6.45) is 1.11. The van der Waals surface area contributed by atoms with Crippen LogP contribution >= 0.6 is 0 Å². The minimum absolute atomic E-state index is 0.582. The number of anilines is 3. The minimum atomic E-state index is 0.582. The molecular weight excluding hydrogens is 336 g/mol. The molecule has 2 aromatic carbocycles. The molecule has 1 heterocycles. The van der Waals surface area contributed by atoms with Crippen LogP contribution in [-0.4, -0.2) is 16.5 Å². The van der Waals surface area contributed by atoms with Gasteiger partial charge in [0.1, 0.15) is 17.3 Å². The number of para-hydroxylation sites is 1. The van der Waals surface area contributed by atoms with Gasteiger partial charge in [-0.3, -0.25) is 0 Å². The number of aromatic nitrogens is 2. The quantitative estimate of drug-likeness (QED) is 0.532. The van der Waals surface area contributed by atoms with Crippen molar-refractivity contribution in [3.8, 4) is 11.5 Å². The fraction of sp³-hybridized carbons (Fsp3) is 0.273. The average Bonchev–Trinajstić information content (AvgIpc) is 2.63. The molecule has 0 fully saturated rings. The van der Waals surface area contributed by atoms with Crippen molar-refractivity contribution >= 4 is 17.5 Å². The van der Waals surface area contributed by atoms with E-state index in [1.165, 1.54) is 0 Å². The van der Waals surface area contributed by atoms with Gasteiger partial charge in [0.05, 0.1) is 0 Å². The summed E-state index contributed by atoms with van der Waals surface area (Å²) in [4.78, 5) is 9.02. The Kier molecular flexibility index (Phi) is 6.26. The van der Waals surface area contributed by atoms with Gasteiger partial charge in [-0.25, -0.2) is 4.98 Å². The van der Waals surface area contributed by atoms with Gasteiger partial charge in [0.2, 0.25) is 5.95 Å². The van der Waals surface area contributed by atoms with E-state index in [0.717, 1.165) is 41.7 Å². The zero-order chi connectivity index (χ0) is 19.1. The van der Waals surface area contributed by atoms with Gasteiger partial charge in [-0.15, -0.1) is 0 Å². The Hall–Kier alpha value is -3.08. The van der Waals surface area contributed by atoms with Crippen molar-refractivity contribution in [2.24, 2.45) is 5.92 Å². The number of aryl methyl sites for hydroxylation is 1. The van der Waals surface area contributed by atoms with Gasteiger partial charge in [-0.2, -0.15) is 4.98 Å². The Balaban J connectivity index is 1.63. The van der Waals surface area contributed by atoms with Crippen LogP contribution in [0.3, 0.4) is 0 Å². The predicted molar refractivity (Wildman–Crippen MR) is 111 cm³/mol. The van der Waals surface area contributed by atoms with Crippen LogP contribution in [0, 0.1) is 12.8 Å². The van der Waals surface area contributed by atoms with Crippen LogP contribution in [0.15, 0.2) is 60.7 Å². The van der Waals surface area contributed by atoms with Gasteiger partial charge in [0.25, 0.3) is 0 Å². The van der Waals surface area contributed by atoms with E-state index >= 15 is 0 Å². The molecule has 5 heteroatoms. The third-order valence-electron chi connectivity index (χ3n) is 3.97. The largest absolute Gasteiger partial charge is 0.457 e. The van der Waals surface area contributed by atoms with Crippen LogP contribution in [0.2, 0.25) is 0 Å². The molecule has 0 radical (unpaired) electrons. The summed E-state index contributed by atoms with van der Waals surface area (Å²) in [5, 5.41) is 6.63. The lowest BCUT2D eigenvalue weighted by molar-refractivity contribution is 0.483. The van der Waals surface area contributed by atoms with E-state index in [1.807, 2.05) is 67.6 Å². The molecule has 140 valence electrons. The first-order chi connectivity index (χ1) is 13.1. The van der Waals surface area contributed by atoms with Gasteiger partial charge < -0.3 is 15.4 Å². The van der Waals surface area contributed by atoms with Gasteiger partial charge in [0, 0.05) is 24.0 Å². The molecule has 0 aliphatic heterocycles.